The third-order valence-corrected chi connectivity index (χ3v) is 3.71. The number of carboxylic acids is 1. The zero-order valence-electron chi connectivity index (χ0n) is 10.7. The van der Waals surface area contributed by atoms with Crippen LogP contribution in [0, 0.1) is 11.8 Å². The Morgan fingerprint density at radius 1 is 1.39 bits per heavy atom. The van der Waals surface area contributed by atoms with Gasteiger partial charge in [-0.05, 0) is 32.2 Å². The highest BCUT2D eigenvalue weighted by Crippen LogP contribution is 2.32. The van der Waals surface area contributed by atoms with Crippen LogP contribution in [0.5, 0.6) is 0 Å². The first-order valence-corrected chi connectivity index (χ1v) is 6.20. The molecule has 6 heteroatoms. The second-order valence-electron chi connectivity index (χ2n) is 5.28. The van der Waals surface area contributed by atoms with E-state index in [0.29, 0.717) is 18.8 Å². The minimum absolute atomic E-state index is 0.134. The Morgan fingerprint density at radius 2 is 2.00 bits per heavy atom. The lowest BCUT2D eigenvalue weighted by Gasteiger charge is -2.38. The molecule has 1 aliphatic carbocycles. The summed E-state index contributed by atoms with van der Waals surface area (Å²) in [5, 5.41) is 9.12. The normalized spacial score (nSPS) is 29.6. The van der Waals surface area contributed by atoms with Gasteiger partial charge in [0, 0.05) is 12.6 Å². The molecule has 0 aromatic carbocycles. The van der Waals surface area contributed by atoms with Crippen LogP contribution < -0.4 is 0 Å². The van der Waals surface area contributed by atoms with E-state index in [-0.39, 0.29) is 12.6 Å². The summed E-state index contributed by atoms with van der Waals surface area (Å²) in [5.74, 6) is -1.07. The van der Waals surface area contributed by atoms with Crippen molar-refractivity contribution in [3.05, 3.63) is 0 Å². The second-order valence-corrected chi connectivity index (χ2v) is 5.28. The average Bonchev–Trinajstić information content (AvgIpc) is 2.24. The van der Waals surface area contributed by atoms with Gasteiger partial charge in [0.15, 0.2) is 0 Å². The van der Waals surface area contributed by atoms with E-state index < -0.39 is 24.5 Å². The molecule has 0 aromatic heterocycles. The molecule has 0 saturated heterocycles. The number of hydrogen-bond donors (Lipinski definition) is 1. The molecule has 1 saturated carbocycles. The summed E-state index contributed by atoms with van der Waals surface area (Å²) in [6.45, 7) is 1.88. The third-order valence-electron chi connectivity index (χ3n) is 3.71. The van der Waals surface area contributed by atoms with E-state index in [0.717, 1.165) is 6.42 Å². The van der Waals surface area contributed by atoms with Crippen LogP contribution in [0.25, 0.3) is 0 Å². The molecule has 0 spiro atoms. The van der Waals surface area contributed by atoms with Gasteiger partial charge in [0.05, 0.1) is 12.3 Å². The molecule has 3 atom stereocenters. The molecule has 3 unspecified atom stereocenters. The molecular weight excluding hydrogens is 247 g/mol. The second kappa shape index (κ2) is 5.91. The lowest BCUT2D eigenvalue weighted by atomic mass is 9.78. The van der Waals surface area contributed by atoms with Gasteiger partial charge in [-0.2, -0.15) is 13.2 Å². The van der Waals surface area contributed by atoms with Gasteiger partial charge in [0.2, 0.25) is 0 Å². The Labute approximate surface area is 105 Å². The van der Waals surface area contributed by atoms with E-state index in [9.17, 15) is 18.0 Å². The van der Waals surface area contributed by atoms with Crippen LogP contribution in [0.2, 0.25) is 0 Å². The zero-order valence-corrected chi connectivity index (χ0v) is 10.7. The highest BCUT2D eigenvalue weighted by molar-refractivity contribution is 5.71. The summed E-state index contributed by atoms with van der Waals surface area (Å²) in [6, 6.07) is -0.284. The molecule has 0 bridgehead atoms. The maximum atomic E-state index is 12.2. The molecule has 3 nitrogen and oxygen atoms in total. The van der Waals surface area contributed by atoms with Crippen molar-refractivity contribution in [3.63, 3.8) is 0 Å². The number of carbonyl (C=O) groups is 1. The van der Waals surface area contributed by atoms with Crippen molar-refractivity contribution >= 4 is 5.97 Å². The van der Waals surface area contributed by atoms with Crippen molar-refractivity contribution in [1.29, 1.82) is 0 Å². The summed E-state index contributed by atoms with van der Waals surface area (Å²) in [4.78, 5) is 12.7. The topological polar surface area (TPSA) is 40.5 Å². The maximum absolute atomic E-state index is 12.2. The van der Waals surface area contributed by atoms with Crippen LogP contribution in [0.3, 0.4) is 0 Å². The van der Waals surface area contributed by atoms with Crippen LogP contribution in [0.4, 0.5) is 13.2 Å². The van der Waals surface area contributed by atoms with E-state index in [4.69, 9.17) is 5.11 Å². The average molecular weight is 267 g/mol. The van der Waals surface area contributed by atoms with Crippen molar-refractivity contribution in [2.45, 2.75) is 44.8 Å². The van der Waals surface area contributed by atoms with Crippen LogP contribution in [-0.4, -0.2) is 41.8 Å². The Morgan fingerprint density at radius 3 is 2.50 bits per heavy atom. The van der Waals surface area contributed by atoms with Gasteiger partial charge >= 0.3 is 12.1 Å². The number of nitrogens with zero attached hydrogens (tertiary/aromatic N) is 1. The standard InChI is InChI=1S/C12H20F3NO2/c1-8-3-4-9(11(17)18)10(7-8)16(2)6-5-12(13,14)15/h8-10H,3-7H2,1-2H3,(H,17,18). The number of hydrogen-bond acceptors (Lipinski definition) is 2. The molecule has 1 rings (SSSR count). The maximum Gasteiger partial charge on any atom is 0.390 e. The molecule has 1 N–H and O–H groups in total. The molecule has 0 aromatic rings. The van der Waals surface area contributed by atoms with Gasteiger partial charge in [-0.3, -0.25) is 4.79 Å². The van der Waals surface area contributed by atoms with Gasteiger partial charge < -0.3 is 10.0 Å². The largest absolute Gasteiger partial charge is 0.481 e. The first-order chi connectivity index (χ1) is 8.20. The van der Waals surface area contributed by atoms with E-state index in [1.165, 1.54) is 0 Å². The minimum atomic E-state index is -4.19. The molecule has 0 amide bonds. The van der Waals surface area contributed by atoms with Gasteiger partial charge in [-0.25, -0.2) is 0 Å². The van der Waals surface area contributed by atoms with E-state index >= 15 is 0 Å². The highest BCUT2D eigenvalue weighted by atomic mass is 19.4. The highest BCUT2D eigenvalue weighted by Gasteiger charge is 2.37. The van der Waals surface area contributed by atoms with Crippen molar-refractivity contribution in [3.8, 4) is 0 Å². The van der Waals surface area contributed by atoms with Crippen molar-refractivity contribution < 1.29 is 23.1 Å². The fraction of sp³-hybridized carbons (Fsp3) is 0.917. The summed E-state index contributed by atoms with van der Waals surface area (Å²) < 4.78 is 36.5. The summed E-state index contributed by atoms with van der Waals surface area (Å²) in [6.07, 6.45) is -3.03. The molecule has 1 fully saturated rings. The predicted octanol–water partition coefficient (Wildman–Crippen LogP) is 2.76. The van der Waals surface area contributed by atoms with Crippen LogP contribution >= 0.6 is 0 Å². The van der Waals surface area contributed by atoms with Crippen molar-refractivity contribution in [1.82, 2.24) is 4.90 Å². The van der Waals surface area contributed by atoms with Crippen molar-refractivity contribution in [2.24, 2.45) is 11.8 Å². The Kier molecular flexibility index (Phi) is 5.01. The van der Waals surface area contributed by atoms with E-state index in [1.54, 1.807) is 11.9 Å². The fourth-order valence-corrected chi connectivity index (χ4v) is 2.59. The Balaban J connectivity index is 2.61. The van der Waals surface area contributed by atoms with Crippen LogP contribution in [0.15, 0.2) is 0 Å². The summed E-state index contributed by atoms with van der Waals surface area (Å²) in [5.41, 5.74) is 0. The quantitative estimate of drug-likeness (QED) is 0.851. The fourth-order valence-electron chi connectivity index (χ4n) is 2.59. The molecule has 0 heterocycles. The molecule has 0 aliphatic heterocycles. The van der Waals surface area contributed by atoms with Gasteiger partial charge in [-0.1, -0.05) is 6.92 Å². The first-order valence-electron chi connectivity index (χ1n) is 6.20. The lowest BCUT2D eigenvalue weighted by Crippen LogP contribution is -2.46. The summed E-state index contributed by atoms with van der Waals surface area (Å²) >= 11 is 0. The molecular formula is C12H20F3NO2. The number of carboxylic acid groups (broad SMARTS) is 1. The van der Waals surface area contributed by atoms with E-state index in [2.05, 4.69) is 0 Å². The van der Waals surface area contributed by atoms with E-state index in [1.807, 2.05) is 6.92 Å². The van der Waals surface area contributed by atoms with Crippen molar-refractivity contribution in [2.75, 3.05) is 13.6 Å². The Hall–Kier alpha value is -0.780. The number of rotatable bonds is 4. The molecule has 18 heavy (non-hydrogen) atoms. The van der Waals surface area contributed by atoms with Crippen LogP contribution in [0.1, 0.15) is 32.6 Å². The third kappa shape index (κ3) is 4.48. The number of halogens is 3. The smallest absolute Gasteiger partial charge is 0.390 e. The van der Waals surface area contributed by atoms with Gasteiger partial charge in [0.1, 0.15) is 0 Å². The Bertz CT molecular complexity index is 294. The van der Waals surface area contributed by atoms with Gasteiger partial charge in [0.25, 0.3) is 0 Å². The summed E-state index contributed by atoms with van der Waals surface area (Å²) in [7, 11) is 1.59. The molecule has 106 valence electrons. The SMILES string of the molecule is CC1CCC(C(=O)O)C(N(C)CCC(F)(F)F)C1. The molecule has 0 radical (unpaired) electrons. The lowest BCUT2D eigenvalue weighted by molar-refractivity contribution is -0.148. The number of aliphatic carboxylic acids is 1. The van der Waals surface area contributed by atoms with Crippen LogP contribution in [-0.2, 0) is 4.79 Å². The molecule has 1 aliphatic rings. The first kappa shape index (κ1) is 15.3. The van der Waals surface area contributed by atoms with Gasteiger partial charge in [-0.15, -0.1) is 0 Å². The monoisotopic (exact) mass is 267 g/mol. The predicted molar refractivity (Wildman–Crippen MR) is 61.2 cm³/mol. The zero-order chi connectivity index (χ0) is 13.9. The minimum Gasteiger partial charge on any atom is -0.481 e. The number of alkyl halides is 3.